The molecule has 210 valence electrons. The molecule has 2 aliphatic rings. The van der Waals surface area contributed by atoms with Crippen LogP contribution in [0.3, 0.4) is 0 Å². The molecule has 6 rings (SSSR count). The number of hydrogen-bond donors (Lipinski definition) is 1. The Morgan fingerprint density at radius 2 is 1.80 bits per heavy atom. The molecule has 0 atom stereocenters. The molecule has 0 bridgehead atoms. The van der Waals surface area contributed by atoms with E-state index in [-0.39, 0.29) is 11.7 Å². The fourth-order valence-corrected chi connectivity index (χ4v) is 5.74. The van der Waals surface area contributed by atoms with Crippen molar-refractivity contribution in [2.75, 3.05) is 38.7 Å². The van der Waals surface area contributed by atoms with E-state index in [1.165, 1.54) is 16.3 Å². The van der Waals surface area contributed by atoms with Crippen molar-refractivity contribution in [1.82, 2.24) is 29.4 Å². The fraction of sp³-hybridized carbons (Fsp3) is 0.467. The first-order valence-corrected chi connectivity index (χ1v) is 14.2. The predicted molar refractivity (Wildman–Crippen MR) is 154 cm³/mol. The molecule has 10 heteroatoms. The lowest BCUT2D eigenvalue weighted by Crippen LogP contribution is -2.35. The Hall–Kier alpha value is -3.76. The van der Waals surface area contributed by atoms with Gasteiger partial charge in [-0.1, -0.05) is 24.3 Å². The highest BCUT2D eigenvalue weighted by Gasteiger charge is 2.25. The zero-order valence-corrected chi connectivity index (χ0v) is 23.3. The second kappa shape index (κ2) is 11.8. The summed E-state index contributed by atoms with van der Waals surface area (Å²) in [4.78, 5) is 18.7. The minimum Gasteiger partial charge on any atom is -0.473 e. The van der Waals surface area contributed by atoms with E-state index in [2.05, 4.69) is 55.3 Å². The maximum atomic E-state index is 11.6. The summed E-state index contributed by atoms with van der Waals surface area (Å²) in [5.41, 5.74) is 4.34. The first-order chi connectivity index (χ1) is 19.6. The number of nitrogens with one attached hydrogen (secondary N) is 1. The number of pyridine rings is 1. The Morgan fingerprint density at radius 1 is 1.02 bits per heavy atom. The second-order valence-electron chi connectivity index (χ2n) is 10.8. The summed E-state index contributed by atoms with van der Waals surface area (Å²) in [5.74, 6) is 1.85. The van der Waals surface area contributed by atoms with Crippen LogP contribution >= 0.6 is 0 Å². The average molecular weight is 544 g/mol. The van der Waals surface area contributed by atoms with E-state index in [1.807, 2.05) is 13.2 Å². The van der Waals surface area contributed by atoms with Gasteiger partial charge in [0.25, 0.3) is 5.56 Å². The SMILES string of the molecule is CNc1cc2c(cn1)c(-c1ccc(CN3CCOCC3)cc1)nn2CC1CCC(Oc2ccc(=O)n(C)n2)CC1. The largest absolute Gasteiger partial charge is 0.473 e. The molecule has 10 nitrogen and oxygen atoms in total. The number of fused-ring (bicyclic) bond motifs is 1. The van der Waals surface area contributed by atoms with Crippen LogP contribution in [-0.4, -0.2) is 68.9 Å². The van der Waals surface area contributed by atoms with Gasteiger partial charge in [-0.3, -0.25) is 14.4 Å². The summed E-state index contributed by atoms with van der Waals surface area (Å²) in [6, 6.07) is 14.1. The van der Waals surface area contributed by atoms with E-state index in [1.54, 1.807) is 13.1 Å². The summed E-state index contributed by atoms with van der Waals surface area (Å²) in [7, 11) is 3.54. The molecule has 4 aromatic rings. The van der Waals surface area contributed by atoms with Gasteiger partial charge >= 0.3 is 0 Å². The fourth-order valence-electron chi connectivity index (χ4n) is 5.74. The molecule has 1 aliphatic carbocycles. The molecule has 1 aliphatic heterocycles. The van der Waals surface area contributed by atoms with Crippen LogP contribution in [0.1, 0.15) is 31.2 Å². The minimum atomic E-state index is -0.137. The van der Waals surface area contributed by atoms with E-state index in [0.29, 0.717) is 11.8 Å². The Bertz CT molecular complexity index is 1500. The average Bonchev–Trinajstić information content (AvgIpc) is 3.34. The minimum absolute atomic E-state index is 0.113. The number of benzene rings is 1. The topological polar surface area (TPSA) is 99.3 Å². The van der Waals surface area contributed by atoms with E-state index < -0.39 is 0 Å². The third-order valence-electron chi connectivity index (χ3n) is 8.08. The van der Waals surface area contributed by atoms with Gasteiger partial charge in [0.1, 0.15) is 17.6 Å². The standard InChI is InChI=1S/C30H37N7O3/c1-31-27-17-26-25(18-32-27)30(23-7-3-21(4-8-23)19-36-13-15-39-16-14-36)34-37(26)20-22-5-9-24(10-6-22)40-28-11-12-29(38)35(2)33-28/h3-4,7-8,11-12,17-18,22,24H,5-6,9-10,13-16,19-20H2,1-2H3,(H,31,32). The maximum absolute atomic E-state index is 11.6. The number of rotatable bonds is 8. The Labute approximate surface area is 233 Å². The molecule has 1 aromatic carbocycles. The molecular formula is C30H37N7O3. The highest BCUT2D eigenvalue weighted by molar-refractivity contribution is 5.93. The van der Waals surface area contributed by atoms with Crippen molar-refractivity contribution in [3.8, 4) is 17.1 Å². The molecule has 40 heavy (non-hydrogen) atoms. The van der Waals surface area contributed by atoms with Crippen LogP contribution in [0.15, 0.2) is 53.5 Å². The van der Waals surface area contributed by atoms with Crippen molar-refractivity contribution < 1.29 is 9.47 Å². The van der Waals surface area contributed by atoms with Crippen LogP contribution in [0.5, 0.6) is 5.88 Å². The molecule has 1 N–H and O–H groups in total. The molecule has 2 fully saturated rings. The number of ether oxygens (including phenoxy) is 2. The van der Waals surface area contributed by atoms with Crippen molar-refractivity contribution >= 4 is 16.7 Å². The summed E-state index contributed by atoms with van der Waals surface area (Å²) >= 11 is 0. The Kier molecular flexibility index (Phi) is 7.79. The number of anilines is 1. The lowest BCUT2D eigenvalue weighted by Gasteiger charge is -2.28. The van der Waals surface area contributed by atoms with Crippen LogP contribution in [0.4, 0.5) is 5.82 Å². The van der Waals surface area contributed by atoms with Gasteiger partial charge in [0.2, 0.25) is 5.88 Å². The van der Waals surface area contributed by atoms with Crippen molar-refractivity contribution in [3.63, 3.8) is 0 Å². The Balaban J connectivity index is 1.16. The van der Waals surface area contributed by atoms with Crippen LogP contribution < -0.4 is 15.6 Å². The molecule has 0 unspecified atom stereocenters. The van der Waals surface area contributed by atoms with Crippen LogP contribution in [0.2, 0.25) is 0 Å². The number of nitrogens with zero attached hydrogens (tertiary/aromatic N) is 6. The number of aryl methyl sites for hydroxylation is 1. The quantitative estimate of drug-likeness (QED) is 0.359. The van der Waals surface area contributed by atoms with Gasteiger partial charge in [0, 0.05) is 75.6 Å². The molecule has 0 spiro atoms. The molecule has 1 saturated heterocycles. The first-order valence-electron chi connectivity index (χ1n) is 14.2. The summed E-state index contributed by atoms with van der Waals surface area (Å²) in [5, 5.41) is 13.6. The highest BCUT2D eigenvalue weighted by atomic mass is 16.5. The van der Waals surface area contributed by atoms with Crippen LogP contribution in [0, 0.1) is 5.92 Å². The summed E-state index contributed by atoms with van der Waals surface area (Å²) < 4.78 is 15.0. The van der Waals surface area contributed by atoms with Gasteiger partial charge in [0.05, 0.1) is 18.7 Å². The van der Waals surface area contributed by atoms with Gasteiger partial charge in [-0.05, 0) is 37.2 Å². The smallest absolute Gasteiger partial charge is 0.266 e. The van der Waals surface area contributed by atoms with Gasteiger partial charge in [0.15, 0.2) is 0 Å². The van der Waals surface area contributed by atoms with Crippen molar-refractivity contribution in [1.29, 1.82) is 0 Å². The van der Waals surface area contributed by atoms with E-state index in [4.69, 9.17) is 14.6 Å². The van der Waals surface area contributed by atoms with Crippen LogP contribution in [-0.2, 0) is 24.9 Å². The van der Waals surface area contributed by atoms with Gasteiger partial charge < -0.3 is 14.8 Å². The van der Waals surface area contributed by atoms with E-state index in [0.717, 1.165) is 93.1 Å². The number of hydrogen-bond acceptors (Lipinski definition) is 8. The zero-order chi connectivity index (χ0) is 27.5. The molecule has 1 saturated carbocycles. The highest BCUT2D eigenvalue weighted by Crippen LogP contribution is 2.33. The van der Waals surface area contributed by atoms with Crippen molar-refractivity contribution in [2.24, 2.45) is 13.0 Å². The second-order valence-corrected chi connectivity index (χ2v) is 10.8. The molecule has 0 amide bonds. The monoisotopic (exact) mass is 543 g/mol. The molecular weight excluding hydrogens is 506 g/mol. The number of morpholine rings is 1. The summed E-state index contributed by atoms with van der Waals surface area (Å²) in [6.45, 7) is 5.37. The normalized spacial score (nSPS) is 20.1. The van der Waals surface area contributed by atoms with E-state index >= 15 is 0 Å². The van der Waals surface area contributed by atoms with E-state index in [9.17, 15) is 4.79 Å². The molecule has 3 aromatic heterocycles. The molecule has 0 radical (unpaired) electrons. The van der Waals surface area contributed by atoms with Gasteiger partial charge in [-0.25, -0.2) is 9.67 Å². The summed E-state index contributed by atoms with van der Waals surface area (Å²) in [6.07, 6.45) is 6.06. The predicted octanol–water partition coefficient (Wildman–Crippen LogP) is 3.70. The number of aromatic nitrogens is 5. The molecule has 4 heterocycles. The third kappa shape index (κ3) is 5.88. The zero-order valence-electron chi connectivity index (χ0n) is 23.3. The van der Waals surface area contributed by atoms with Crippen molar-refractivity contribution in [2.45, 2.75) is 44.9 Å². The van der Waals surface area contributed by atoms with Crippen LogP contribution in [0.25, 0.3) is 22.2 Å². The lowest BCUT2D eigenvalue weighted by atomic mass is 9.87. The van der Waals surface area contributed by atoms with Gasteiger partial charge in [-0.2, -0.15) is 5.10 Å². The lowest BCUT2D eigenvalue weighted by molar-refractivity contribution is 0.0342. The third-order valence-corrected chi connectivity index (χ3v) is 8.08. The Morgan fingerprint density at radius 3 is 2.52 bits per heavy atom. The van der Waals surface area contributed by atoms with Crippen molar-refractivity contribution in [3.05, 3.63) is 64.6 Å². The maximum Gasteiger partial charge on any atom is 0.266 e. The van der Waals surface area contributed by atoms with Gasteiger partial charge in [-0.15, -0.1) is 5.10 Å². The first kappa shape index (κ1) is 26.5.